The Morgan fingerprint density at radius 1 is 1.04 bits per heavy atom. The molecule has 1 aromatic heterocycles. The lowest BCUT2D eigenvalue weighted by atomic mass is 9.86. The van der Waals surface area contributed by atoms with Crippen molar-refractivity contribution in [2.24, 2.45) is 5.41 Å². The van der Waals surface area contributed by atoms with Gasteiger partial charge in [0.05, 0.1) is 4.86 Å². The molecule has 0 amide bonds. The van der Waals surface area contributed by atoms with Gasteiger partial charge in [0.25, 0.3) is 0 Å². The molecular formula is C21H27NO2S. The number of ketones is 1. The molecule has 1 N–H and O–H groups in total. The average Bonchev–Trinajstić information content (AvgIpc) is 2.91. The number of hydrogen-bond donors (Lipinski definition) is 1. The zero-order valence-corrected chi connectivity index (χ0v) is 16.7. The first kappa shape index (κ1) is 19.3. The summed E-state index contributed by atoms with van der Waals surface area (Å²) in [6.07, 6.45) is 5.22. The van der Waals surface area contributed by atoms with Gasteiger partial charge < -0.3 is 4.98 Å². The van der Waals surface area contributed by atoms with Crippen molar-refractivity contribution in [3.63, 3.8) is 0 Å². The smallest absolute Gasteiger partial charge is 0.176 e. The minimum Gasteiger partial charge on any atom is -0.359 e. The van der Waals surface area contributed by atoms with Gasteiger partial charge in [0, 0.05) is 34.9 Å². The van der Waals surface area contributed by atoms with Gasteiger partial charge >= 0.3 is 0 Å². The Balaban J connectivity index is 2.80. The molecule has 25 heavy (non-hydrogen) atoms. The molecule has 0 fully saturated rings. The number of carbonyl (C=O) groups excluding carboxylic acids is 1. The van der Waals surface area contributed by atoms with Crippen molar-refractivity contribution in [2.45, 2.75) is 27.7 Å². The summed E-state index contributed by atoms with van der Waals surface area (Å²) >= 11 is 0. The van der Waals surface area contributed by atoms with E-state index in [9.17, 15) is 9.00 Å². The largest absolute Gasteiger partial charge is 0.359 e. The maximum Gasteiger partial charge on any atom is 0.176 e. The van der Waals surface area contributed by atoms with E-state index < -0.39 is 14.9 Å². The number of aromatic amines is 1. The first-order valence-corrected chi connectivity index (χ1v) is 10.7. The molecule has 3 nitrogen and oxygen atoms in total. The van der Waals surface area contributed by atoms with Crippen LogP contribution in [0.15, 0.2) is 42.5 Å². The van der Waals surface area contributed by atoms with Gasteiger partial charge in [-0.05, 0) is 40.2 Å². The molecule has 0 aliphatic rings. The maximum absolute atomic E-state index is 13.2. The lowest BCUT2D eigenvalue weighted by molar-refractivity contribution is -0.119. The summed E-state index contributed by atoms with van der Waals surface area (Å²) in [4.78, 5) is 16.8. The Labute approximate surface area is 151 Å². The Hall–Kier alpha value is -2.07. The van der Waals surface area contributed by atoms with Crippen molar-refractivity contribution in [2.75, 3.05) is 12.5 Å². The monoisotopic (exact) mass is 357 g/mol. The molecule has 0 radical (unpaired) electrons. The highest BCUT2D eigenvalue weighted by molar-refractivity contribution is 8.03. The number of hydrogen-bond acceptors (Lipinski definition) is 2. The quantitative estimate of drug-likeness (QED) is 0.659. The molecule has 1 heterocycles. The summed E-state index contributed by atoms with van der Waals surface area (Å²) in [5.41, 5.74) is 2.86. The third kappa shape index (κ3) is 4.73. The zero-order chi connectivity index (χ0) is 18.8. The van der Waals surface area contributed by atoms with Crippen LogP contribution in [0, 0.1) is 12.3 Å². The lowest BCUT2D eigenvalue weighted by Crippen LogP contribution is -2.33. The molecule has 0 atom stereocenters. The second kappa shape index (κ2) is 7.04. The van der Waals surface area contributed by atoms with Gasteiger partial charge in [-0.25, -0.2) is 0 Å². The summed E-state index contributed by atoms with van der Waals surface area (Å²) in [7, 11) is -2.48. The summed E-state index contributed by atoms with van der Waals surface area (Å²) in [5, 5.41) is 0. The number of Topliss-reactive ketones (excluding diaryl/α,β-unsaturated/α-hetero) is 1. The van der Waals surface area contributed by atoms with E-state index in [0.717, 1.165) is 17.0 Å². The highest BCUT2D eigenvalue weighted by atomic mass is 32.2. The van der Waals surface area contributed by atoms with E-state index >= 15 is 0 Å². The molecule has 134 valence electrons. The Kier molecular flexibility index (Phi) is 5.43. The van der Waals surface area contributed by atoms with Crippen molar-refractivity contribution in [3.05, 3.63) is 59.4 Å². The molecular weight excluding hydrogens is 330 g/mol. The molecule has 4 heteroatoms. The van der Waals surface area contributed by atoms with Crippen LogP contribution in [0.1, 0.15) is 37.7 Å². The predicted octanol–water partition coefficient (Wildman–Crippen LogP) is 4.20. The molecule has 0 bridgehead atoms. The van der Waals surface area contributed by atoms with Crippen LogP contribution in [-0.4, -0.2) is 32.4 Å². The first-order chi connectivity index (χ1) is 11.5. The maximum atomic E-state index is 13.2. The number of carbonyl (C=O) groups is 1. The van der Waals surface area contributed by atoms with Crippen molar-refractivity contribution in [3.8, 4) is 0 Å². The summed E-state index contributed by atoms with van der Waals surface area (Å²) in [6, 6.07) is 13.7. The fraction of sp³-hybridized carbons (Fsp3) is 0.333. The second-order valence-corrected chi connectivity index (χ2v) is 10.5. The molecule has 0 saturated carbocycles. The first-order valence-electron chi connectivity index (χ1n) is 8.29. The normalized spacial score (nSPS) is 13.0. The number of benzene rings is 1. The zero-order valence-electron chi connectivity index (χ0n) is 15.8. The third-order valence-corrected chi connectivity index (χ3v) is 5.24. The molecule has 0 spiro atoms. The molecule has 2 aromatic rings. The second-order valence-electron chi connectivity index (χ2n) is 7.67. The van der Waals surface area contributed by atoms with E-state index in [0.29, 0.717) is 10.4 Å². The van der Waals surface area contributed by atoms with Gasteiger partial charge in [-0.15, -0.1) is 0 Å². The van der Waals surface area contributed by atoms with E-state index in [-0.39, 0.29) is 5.78 Å². The van der Waals surface area contributed by atoms with Gasteiger partial charge in [0.2, 0.25) is 0 Å². The fourth-order valence-corrected chi connectivity index (χ4v) is 4.04. The lowest BCUT2D eigenvalue weighted by Gasteiger charge is -2.22. The Bertz CT molecular complexity index is 910. The Morgan fingerprint density at radius 2 is 1.64 bits per heavy atom. The van der Waals surface area contributed by atoms with E-state index in [1.807, 2.05) is 76.2 Å². The van der Waals surface area contributed by atoms with Crippen LogP contribution in [0.4, 0.5) is 0 Å². The highest BCUT2D eigenvalue weighted by Gasteiger charge is 2.31. The minimum atomic E-state index is -2.48. The van der Waals surface area contributed by atoms with Crippen molar-refractivity contribution in [1.82, 2.24) is 4.98 Å². The number of H-pyrrole nitrogens is 1. The third-order valence-electron chi connectivity index (χ3n) is 3.86. The molecule has 0 aliphatic carbocycles. The minimum absolute atomic E-state index is 0.0862. The number of aryl methyl sites for hydroxylation is 1. The van der Waals surface area contributed by atoms with Crippen LogP contribution < -0.4 is 0 Å². The molecule has 2 rings (SSSR count). The number of rotatable bonds is 4. The molecule has 0 saturated heterocycles. The van der Waals surface area contributed by atoms with Crippen molar-refractivity contribution in [1.29, 1.82) is 0 Å². The van der Waals surface area contributed by atoms with Gasteiger partial charge in [-0.1, -0.05) is 51.1 Å². The van der Waals surface area contributed by atoms with E-state index in [2.05, 4.69) is 4.98 Å². The topological polar surface area (TPSA) is 49.9 Å². The fourth-order valence-electron chi connectivity index (χ4n) is 2.59. The van der Waals surface area contributed by atoms with Crippen LogP contribution in [0.25, 0.3) is 11.6 Å². The summed E-state index contributed by atoms with van der Waals surface area (Å²) in [5.74, 6) is -0.0862. The highest BCUT2D eigenvalue weighted by Crippen LogP contribution is 2.26. The number of allylic oxidation sites excluding steroid dienone is 1. The van der Waals surface area contributed by atoms with Crippen LogP contribution >= 0.6 is 0 Å². The van der Waals surface area contributed by atoms with Gasteiger partial charge in [0.15, 0.2) is 5.78 Å². The van der Waals surface area contributed by atoms with Gasteiger partial charge in [0.1, 0.15) is 0 Å². The molecule has 0 aliphatic heterocycles. The molecule has 1 aromatic carbocycles. The van der Waals surface area contributed by atoms with E-state index in [4.69, 9.17) is 0 Å². The van der Waals surface area contributed by atoms with Gasteiger partial charge in [-0.3, -0.25) is 9.00 Å². The molecule has 0 unspecified atom stereocenters. The van der Waals surface area contributed by atoms with Crippen molar-refractivity contribution < 1.29 is 9.00 Å². The van der Waals surface area contributed by atoms with Crippen LogP contribution in [0.2, 0.25) is 0 Å². The summed E-state index contributed by atoms with van der Waals surface area (Å²) < 4.78 is 13.1. The number of nitrogens with one attached hydrogen (secondary N) is 1. The average molecular weight is 358 g/mol. The van der Waals surface area contributed by atoms with Crippen LogP contribution in [0.3, 0.4) is 0 Å². The Morgan fingerprint density at radius 3 is 2.08 bits per heavy atom. The van der Waals surface area contributed by atoms with Gasteiger partial charge in [-0.2, -0.15) is 0 Å². The van der Waals surface area contributed by atoms with E-state index in [1.165, 1.54) is 0 Å². The van der Waals surface area contributed by atoms with Crippen molar-refractivity contribution >= 4 is 31.8 Å². The predicted molar refractivity (Wildman–Crippen MR) is 109 cm³/mol. The van der Waals surface area contributed by atoms with Crippen LogP contribution in [0.5, 0.6) is 0 Å². The SMILES string of the molecule is Cc1ccc(/C(=C/c2ccccc2)C(C(=O)C(C)(C)C)=S(C)(C)=O)[nH]1. The number of aromatic nitrogens is 1. The summed E-state index contributed by atoms with van der Waals surface area (Å²) in [6.45, 7) is 7.55. The van der Waals surface area contributed by atoms with Crippen LogP contribution in [-0.2, 0) is 14.3 Å². The standard InChI is InChI=1S/C21H27NO2S/c1-15-12-13-18(22-15)17(14-16-10-8-7-9-11-16)19(25(5,6)24)20(23)21(2,3)4/h7-14,22H,1-6H3/b17-14-. The van der Waals surface area contributed by atoms with E-state index in [1.54, 1.807) is 12.5 Å².